The molecule has 0 aliphatic rings. The summed E-state index contributed by atoms with van der Waals surface area (Å²) in [6.45, 7) is 2.20. The van der Waals surface area contributed by atoms with Gasteiger partial charge in [-0.2, -0.15) is 0 Å². The van der Waals surface area contributed by atoms with Gasteiger partial charge in [0.2, 0.25) is 10.0 Å². The number of nitrogens with one attached hydrogen (secondary N) is 1. The lowest BCUT2D eigenvalue weighted by atomic mass is 10.3. The van der Waals surface area contributed by atoms with E-state index in [-0.39, 0.29) is 13.1 Å². The maximum atomic E-state index is 11.8. The van der Waals surface area contributed by atoms with E-state index < -0.39 is 15.3 Å². The zero-order chi connectivity index (χ0) is 12.0. The van der Waals surface area contributed by atoms with E-state index in [1.54, 1.807) is 25.4 Å². The van der Waals surface area contributed by atoms with Gasteiger partial charge in [-0.25, -0.2) is 13.1 Å². The summed E-state index contributed by atoms with van der Waals surface area (Å²) in [5, 5.41) is -0.524. The Morgan fingerprint density at radius 1 is 1.56 bits per heavy atom. The quantitative estimate of drug-likeness (QED) is 0.749. The lowest BCUT2D eigenvalue weighted by molar-refractivity contribution is 0.560. The predicted octanol–water partition coefficient (Wildman–Crippen LogP) is 0.238. The van der Waals surface area contributed by atoms with Crippen molar-refractivity contribution in [2.45, 2.75) is 25.1 Å². The predicted molar refractivity (Wildman–Crippen MR) is 63.1 cm³/mol. The first kappa shape index (κ1) is 13.1. The van der Waals surface area contributed by atoms with Gasteiger partial charge < -0.3 is 5.73 Å². The van der Waals surface area contributed by atoms with Gasteiger partial charge in [-0.3, -0.25) is 4.98 Å². The van der Waals surface area contributed by atoms with E-state index in [0.29, 0.717) is 6.42 Å². The zero-order valence-corrected chi connectivity index (χ0v) is 10.1. The van der Waals surface area contributed by atoms with Crippen LogP contribution in [0.25, 0.3) is 0 Å². The van der Waals surface area contributed by atoms with E-state index in [4.69, 9.17) is 5.73 Å². The molecular weight excluding hydrogens is 226 g/mol. The molecule has 3 N–H and O–H groups in total. The molecule has 16 heavy (non-hydrogen) atoms. The van der Waals surface area contributed by atoms with E-state index >= 15 is 0 Å². The third-order valence-corrected chi connectivity index (χ3v) is 4.31. The fourth-order valence-electron chi connectivity index (χ4n) is 1.32. The van der Waals surface area contributed by atoms with Crippen LogP contribution in [0.3, 0.4) is 0 Å². The summed E-state index contributed by atoms with van der Waals surface area (Å²) in [6, 6.07) is 3.59. The Kier molecular flexibility index (Phi) is 4.85. The highest BCUT2D eigenvalue weighted by Gasteiger charge is 2.21. The molecule has 0 fully saturated rings. The topological polar surface area (TPSA) is 85.1 Å². The molecule has 0 saturated carbocycles. The highest BCUT2D eigenvalue weighted by atomic mass is 32.2. The van der Waals surface area contributed by atoms with E-state index in [1.165, 1.54) is 0 Å². The minimum Gasteiger partial charge on any atom is -0.329 e. The molecule has 1 heterocycles. The molecule has 0 amide bonds. The second-order valence-electron chi connectivity index (χ2n) is 3.49. The number of nitrogens with two attached hydrogens (primary N) is 1. The van der Waals surface area contributed by atoms with Gasteiger partial charge >= 0.3 is 0 Å². The number of aromatic nitrogens is 1. The summed E-state index contributed by atoms with van der Waals surface area (Å²) >= 11 is 0. The van der Waals surface area contributed by atoms with E-state index in [0.717, 1.165) is 5.56 Å². The number of sulfonamides is 1. The minimum absolute atomic E-state index is 0.138. The van der Waals surface area contributed by atoms with E-state index in [9.17, 15) is 8.42 Å². The molecule has 1 unspecified atom stereocenters. The Morgan fingerprint density at radius 3 is 2.81 bits per heavy atom. The Morgan fingerprint density at radius 2 is 2.31 bits per heavy atom. The van der Waals surface area contributed by atoms with Crippen LogP contribution in [0.1, 0.15) is 18.9 Å². The third kappa shape index (κ3) is 3.55. The largest absolute Gasteiger partial charge is 0.329 e. The molecule has 90 valence electrons. The molecule has 0 saturated heterocycles. The summed E-state index contributed by atoms with van der Waals surface area (Å²) in [7, 11) is -3.32. The van der Waals surface area contributed by atoms with Crippen LogP contribution in [0.4, 0.5) is 0 Å². The van der Waals surface area contributed by atoms with Crippen molar-refractivity contribution in [1.82, 2.24) is 9.71 Å². The Hall–Kier alpha value is -0.980. The molecule has 5 nitrogen and oxygen atoms in total. The van der Waals surface area contributed by atoms with Crippen molar-refractivity contribution in [3.05, 3.63) is 30.1 Å². The van der Waals surface area contributed by atoms with Crippen molar-refractivity contribution in [1.29, 1.82) is 0 Å². The number of hydrogen-bond acceptors (Lipinski definition) is 4. The number of hydrogen-bond donors (Lipinski definition) is 2. The number of rotatable bonds is 6. The fraction of sp³-hybridized carbons (Fsp3) is 0.500. The van der Waals surface area contributed by atoms with Gasteiger partial charge in [-0.15, -0.1) is 0 Å². The van der Waals surface area contributed by atoms with Crippen LogP contribution in [0.5, 0.6) is 0 Å². The maximum absolute atomic E-state index is 11.8. The molecule has 6 heteroatoms. The maximum Gasteiger partial charge on any atom is 0.216 e. The lowest BCUT2D eigenvalue weighted by Gasteiger charge is -2.14. The lowest BCUT2D eigenvalue weighted by Crippen LogP contribution is -2.38. The molecule has 1 rings (SSSR count). The van der Waals surface area contributed by atoms with E-state index in [1.807, 2.05) is 6.07 Å². The van der Waals surface area contributed by atoms with Gasteiger partial charge in [0, 0.05) is 25.5 Å². The van der Waals surface area contributed by atoms with Gasteiger partial charge in [-0.1, -0.05) is 13.0 Å². The van der Waals surface area contributed by atoms with Crippen molar-refractivity contribution in [3.8, 4) is 0 Å². The average Bonchev–Trinajstić information content (AvgIpc) is 2.29. The van der Waals surface area contributed by atoms with Crippen molar-refractivity contribution in [2.75, 3.05) is 6.54 Å². The summed E-state index contributed by atoms with van der Waals surface area (Å²) in [5.41, 5.74) is 6.24. The van der Waals surface area contributed by atoms with Gasteiger partial charge in [0.25, 0.3) is 0 Å². The van der Waals surface area contributed by atoms with Crippen molar-refractivity contribution in [2.24, 2.45) is 5.73 Å². The van der Waals surface area contributed by atoms with Crippen LogP contribution < -0.4 is 10.5 Å². The van der Waals surface area contributed by atoms with Gasteiger partial charge in [0.05, 0.1) is 5.25 Å². The fourth-order valence-corrected chi connectivity index (χ4v) is 2.61. The van der Waals surface area contributed by atoms with Crippen LogP contribution >= 0.6 is 0 Å². The molecule has 0 radical (unpaired) electrons. The molecule has 0 aliphatic heterocycles. The summed E-state index contributed by atoms with van der Waals surface area (Å²) in [6.07, 6.45) is 3.79. The van der Waals surface area contributed by atoms with Crippen molar-refractivity contribution >= 4 is 10.0 Å². The Labute approximate surface area is 96.1 Å². The van der Waals surface area contributed by atoms with Crippen LogP contribution in [0.15, 0.2) is 24.5 Å². The van der Waals surface area contributed by atoms with Crippen LogP contribution in [0.2, 0.25) is 0 Å². The van der Waals surface area contributed by atoms with Crippen LogP contribution in [-0.2, 0) is 16.6 Å². The minimum atomic E-state index is -3.32. The normalized spacial score (nSPS) is 13.6. The van der Waals surface area contributed by atoms with Gasteiger partial charge in [-0.05, 0) is 18.1 Å². The van der Waals surface area contributed by atoms with E-state index in [2.05, 4.69) is 9.71 Å². The van der Waals surface area contributed by atoms with Crippen molar-refractivity contribution < 1.29 is 8.42 Å². The Bertz CT molecular complexity index is 401. The standard InChI is InChI=1S/C10H17N3O2S/c1-2-10(6-11)16(14,15)13-8-9-4-3-5-12-7-9/h3-5,7,10,13H,2,6,8,11H2,1H3. The monoisotopic (exact) mass is 243 g/mol. The highest BCUT2D eigenvalue weighted by Crippen LogP contribution is 2.04. The average molecular weight is 243 g/mol. The van der Waals surface area contributed by atoms with Crippen LogP contribution in [0, 0.1) is 0 Å². The van der Waals surface area contributed by atoms with Gasteiger partial charge in [0.15, 0.2) is 0 Å². The smallest absolute Gasteiger partial charge is 0.216 e. The molecule has 1 atom stereocenters. The first-order chi connectivity index (χ1) is 7.60. The highest BCUT2D eigenvalue weighted by molar-refractivity contribution is 7.90. The van der Waals surface area contributed by atoms with Gasteiger partial charge in [0.1, 0.15) is 0 Å². The van der Waals surface area contributed by atoms with Crippen molar-refractivity contribution in [3.63, 3.8) is 0 Å². The zero-order valence-electron chi connectivity index (χ0n) is 9.26. The molecule has 1 aromatic heterocycles. The molecule has 0 aliphatic carbocycles. The number of pyridine rings is 1. The third-order valence-electron chi connectivity index (χ3n) is 2.36. The molecule has 0 bridgehead atoms. The molecule has 0 spiro atoms. The van der Waals surface area contributed by atoms with Crippen LogP contribution in [-0.4, -0.2) is 25.2 Å². The first-order valence-electron chi connectivity index (χ1n) is 5.17. The summed E-state index contributed by atoms with van der Waals surface area (Å²) in [5.74, 6) is 0. The second kappa shape index (κ2) is 5.93. The first-order valence-corrected chi connectivity index (χ1v) is 6.72. The second-order valence-corrected chi connectivity index (χ2v) is 5.54. The SMILES string of the molecule is CCC(CN)S(=O)(=O)NCc1cccnc1. The summed E-state index contributed by atoms with van der Waals surface area (Å²) < 4.78 is 26.0. The number of nitrogens with zero attached hydrogens (tertiary/aromatic N) is 1. The molecular formula is C10H17N3O2S. The molecule has 0 aromatic carbocycles. The summed E-state index contributed by atoms with van der Waals surface area (Å²) in [4.78, 5) is 3.91. The molecule has 1 aromatic rings. The Balaban J connectivity index is 2.61.